The Morgan fingerprint density at radius 3 is 2.14 bits per heavy atom. The van der Waals surface area contributed by atoms with E-state index < -0.39 is 12.1 Å². The van der Waals surface area contributed by atoms with Crippen LogP contribution in [0.25, 0.3) is 0 Å². The summed E-state index contributed by atoms with van der Waals surface area (Å²) in [5.74, 6) is -0.244. The summed E-state index contributed by atoms with van der Waals surface area (Å²) in [6, 6.07) is 9.18. The van der Waals surface area contributed by atoms with Crippen LogP contribution in [0.5, 0.6) is 5.75 Å². The first kappa shape index (κ1) is 21.5. The first-order valence-electron chi connectivity index (χ1n) is 8.18. The van der Waals surface area contributed by atoms with Gasteiger partial charge in [-0.3, -0.25) is 0 Å². The van der Waals surface area contributed by atoms with Gasteiger partial charge in [-0.15, -0.1) is 0 Å². The number of carbonyl (C=O) groups is 1. The van der Waals surface area contributed by atoms with Crippen molar-refractivity contribution in [2.24, 2.45) is 0 Å². The number of benzene rings is 1. The van der Waals surface area contributed by atoms with Crippen molar-refractivity contribution in [2.45, 2.75) is 70.8 Å². The summed E-state index contributed by atoms with van der Waals surface area (Å²) in [5, 5.41) is 9.21. The molecule has 1 rings (SSSR count). The van der Waals surface area contributed by atoms with Gasteiger partial charge in [0.05, 0.1) is 0 Å². The monoisotopic (exact) mass is 316 g/mol. The van der Waals surface area contributed by atoms with Gasteiger partial charge in [-0.05, 0) is 25.0 Å². The molecule has 1 N–H and O–H groups in total. The van der Waals surface area contributed by atoms with Crippen LogP contribution in [0.4, 0.5) is 0 Å². The molecule has 0 bridgehead atoms. The molecule has 1 atom stereocenters. The molecule has 22 heavy (non-hydrogen) atoms. The summed E-state index contributed by atoms with van der Waals surface area (Å²) in [6.07, 6.45) is 9.54. The maximum Gasteiger partial charge on any atom is 1.00 e. The normalized spacial score (nSPS) is 11.5. The summed E-state index contributed by atoms with van der Waals surface area (Å²) in [4.78, 5) is 11.2. The molecule has 0 spiro atoms. The van der Waals surface area contributed by atoms with Crippen LogP contribution >= 0.6 is 0 Å². The standard InChI is InChI=1S/C18H28O3.Na.H/c1-2-3-4-5-6-7-8-12-15-17(18(19)20)21-16-13-10-9-11-14-16;;/h9-11,13-14,17H,2-8,12,15H2,1H3,(H,19,20);;/q;+1;-1. The Hall–Kier alpha value is -0.510. The summed E-state index contributed by atoms with van der Waals surface area (Å²) in [5.41, 5.74) is 0. The first-order chi connectivity index (χ1) is 10.2. The SMILES string of the molecule is CCCCCCCCCCC(Oc1ccccc1)C(=O)O.[H-].[Na+]. The zero-order valence-corrected chi connectivity index (χ0v) is 16.1. The van der Waals surface area contributed by atoms with E-state index in [0.29, 0.717) is 12.2 Å². The Bertz CT molecular complexity index is 387. The van der Waals surface area contributed by atoms with E-state index >= 15 is 0 Å². The van der Waals surface area contributed by atoms with E-state index in [0.717, 1.165) is 12.8 Å². The predicted molar refractivity (Wildman–Crippen MR) is 86.8 cm³/mol. The molecule has 1 unspecified atom stereocenters. The molecule has 0 aromatic heterocycles. The van der Waals surface area contributed by atoms with Gasteiger partial charge in [0.1, 0.15) is 5.75 Å². The summed E-state index contributed by atoms with van der Waals surface area (Å²) in [6.45, 7) is 2.22. The third kappa shape index (κ3) is 10.3. The van der Waals surface area contributed by atoms with E-state index in [1.165, 1.54) is 38.5 Å². The Morgan fingerprint density at radius 2 is 1.59 bits per heavy atom. The van der Waals surface area contributed by atoms with Gasteiger partial charge in [0.15, 0.2) is 6.10 Å². The Morgan fingerprint density at radius 1 is 1.05 bits per heavy atom. The van der Waals surface area contributed by atoms with Gasteiger partial charge in [-0.2, -0.15) is 0 Å². The number of hydrogen-bond acceptors (Lipinski definition) is 2. The van der Waals surface area contributed by atoms with Crippen molar-refractivity contribution < 1.29 is 45.6 Å². The number of unbranched alkanes of at least 4 members (excludes halogenated alkanes) is 7. The fourth-order valence-electron chi connectivity index (χ4n) is 2.36. The van der Waals surface area contributed by atoms with Crippen LogP contribution in [0.2, 0.25) is 0 Å². The molecule has 1 aromatic rings. The molecule has 120 valence electrons. The van der Waals surface area contributed by atoms with E-state index in [9.17, 15) is 9.90 Å². The van der Waals surface area contributed by atoms with E-state index in [1.54, 1.807) is 12.1 Å². The molecule has 0 aliphatic heterocycles. The number of rotatable bonds is 12. The molecule has 4 heteroatoms. The maximum absolute atomic E-state index is 11.2. The zero-order valence-electron chi connectivity index (χ0n) is 15.1. The molecule has 0 fully saturated rings. The van der Waals surface area contributed by atoms with Crippen molar-refractivity contribution in [2.75, 3.05) is 0 Å². The molecule has 0 aliphatic carbocycles. The van der Waals surface area contributed by atoms with Crippen LogP contribution in [0.15, 0.2) is 30.3 Å². The number of carboxylic acids is 1. The molecule has 0 saturated carbocycles. The molecular weight excluding hydrogens is 287 g/mol. The smallest absolute Gasteiger partial charge is 1.00 e. The first-order valence-corrected chi connectivity index (χ1v) is 8.18. The van der Waals surface area contributed by atoms with Gasteiger partial charge in [0.2, 0.25) is 0 Å². The topological polar surface area (TPSA) is 46.5 Å². The largest absolute Gasteiger partial charge is 1.00 e. The second-order valence-corrected chi connectivity index (χ2v) is 5.52. The third-order valence-electron chi connectivity index (χ3n) is 3.62. The van der Waals surface area contributed by atoms with Crippen LogP contribution in [-0.4, -0.2) is 17.2 Å². The minimum absolute atomic E-state index is 0. The Balaban J connectivity index is 0. The van der Waals surface area contributed by atoms with Gasteiger partial charge in [-0.25, -0.2) is 4.79 Å². The van der Waals surface area contributed by atoms with Crippen molar-refractivity contribution in [3.8, 4) is 5.75 Å². The summed E-state index contributed by atoms with van der Waals surface area (Å²) < 4.78 is 5.54. The molecule has 0 amide bonds. The van der Waals surface area contributed by atoms with Crippen molar-refractivity contribution in [1.82, 2.24) is 0 Å². The Labute approximate surface area is 158 Å². The van der Waals surface area contributed by atoms with E-state index in [4.69, 9.17) is 4.74 Å². The molecule has 0 aliphatic rings. The van der Waals surface area contributed by atoms with Crippen LogP contribution in [0.1, 0.15) is 66.1 Å². The fourth-order valence-corrected chi connectivity index (χ4v) is 2.36. The molecule has 3 nitrogen and oxygen atoms in total. The van der Waals surface area contributed by atoms with Crippen LogP contribution in [0, 0.1) is 0 Å². The predicted octanol–water partition coefficient (Wildman–Crippen LogP) is 2.17. The fraction of sp³-hybridized carbons (Fsp3) is 0.611. The van der Waals surface area contributed by atoms with Gasteiger partial charge in [0, 0.05) is 0 Å². The molecule has 0 saturated heterocycles. The van der Waals surface area contributed by atoms with E-state index in [1.807, 2.05) is 18.2 Å². The summed E-state index contributed by atoms with van der Waals surface area (Å²) >= 11 is 0. The third-order valence-corrected chi connectivity index (χ3v) is 3.62. The average molecular weight is 316 g/mol. The van der Waals surface area contributed by atoms with Crippen LogP contribution in [0.3, 0.4) is 0 Å². The maximum atomic E-state index is 11.2. The van der Waals surface area contributed by atoms with Gasteiger partial charge < -0.3 is 11.3 Å². The zero-order chi connectivity index (χ0) is 15.3. The van der Waals surface area contributed by atoms with Gasteiger partial charge in [0.25, 0.3) is 0 Å². The summed E-state index contributed by atoms with van der Waals surface area (Å²) in [7, 11) is 0. The number of ether oxygens (including phenoxy) is 1. The quantitative estimate of drug-likeness (QED) is 0.475. The second-order valence-electron chi connectivity index (χ2n) is 5.52. The molecule has 1 aromatic carbocycles. The molecular formula is C18H29NaO3. The van der Waals surface area contributed by atoms with Crippen molar-refractivity contribution >= 4 is 5.97 Å². The van der Waals surface area contributed by atoms with Crippen molar-refractivity contribution in [1.29, 1.82) is 0 Å². The minimum atomic E-state index is -0.873. The van der Waals surface area contributed by atoms with E-state index in [-0.39, 0.29) is 31.0 Å². The number of aliphatic carboxylic acids is 1. The van der Waals surface area contributed by atoms with Crippen LogP contribution in [-0.2, 0) is 4.79 Å². The molecule has 0 radical (unpaired) electrons. The average Bonchev–Trinajstić information content (AvgIpc) is 2.49. The second kappa shape index (κ2) is 14.1. The van der Waals surface area contributed by atoms with Gasteiger partial charge in [-0.1, -0.05) is 70.1 Å². The number of para-hydroxylation sites is 1. The minimum Gasteiger partial charge on any atom is -1.00 e. The number of hydrogen-bond donors (Lipinski definition) is 1. The molecule has 0 heterocycles. The van der Waals surface area contributed by atoms with Gasteiger partial charge >= 0.3 is 35.5 Å². The Kier molecular flexibility index (Phi) is 13.8. The van der Waals surface area contributed by atoms with Crippen LogP contribution < -0.4 is 34.3 Å². The number of carboxylic acid groups (broad SMARTS) is 1. The van der Waals surface area contributed by atoms with E-state index in [2.05, 4.69) is 6.92 Å². The van der Waals surface area contributed by atoms with Crippen molar-refractivity contribution in [3.05, 3.63) is 30.3 Å². The van der Waals surface area contributed by atoms with Crippen molar-refractivity contribution in [3.63, 3.8) is 0 Å².